The minimum absolute atomic E-state index is 0.174. The molecule has 35 heavy (non-hydrogen) atoms. The highest BCUT2D eigenvalue weighted by Crippen LogP contribution is 2.40. The van der Waals surface area contributed by atoms with Crippen molar-refractivity contribution >= 4 is 68.1 Å². The molecule has 0 radical (unpaired) electrons. The van der Waals surface area contributed by atoms with Crippen LogP contribution in [0.5, 0.6) is 11.5 Å². The molecule has 0 aliphatic carbocycles. The van der Waals surface area contributed by atoms with Crippen LogP contribution in [-0.4, -0.2) is 22.7 Å². The van der Waals surface area contributed by atoms with Crippen molar-refractivity contribution in [3.05, 3.63) is 96.8 Å². The maximum Gasteiger partial charge on any atom is 0.293 e. The second-order valence-electron chi connectivity index (χ2n) is 7.57. The summed E-state index contributed by atoms with van der Waals surface area (Å²) in [5.41, 5.74) is 2.42. The van der Waals surface area contributed by atoms with Gasteiger partial charge in [0.15, 0.2) is 11.5 Å². The summed E-state index contributed by atoms with van der Waals surface area (Å²) in [6.07, 6.45) is 1.64. The zero-order chi connectivity index (χ0) is 24.9. The van der Waals surface area contributed by atoms with E-state index in [1.165, 1.54) is 4.90 Å². The average molecular weight is 593 g/mol. The fourth-order valence-corrected chi connectivity index (χ4v) is 4.87. The molecule has 0 saturated carbocycles. The first kappa shape index (κ1) is 25.6. The van der Waals surface area contributed by atoms with E-state index in [9.17, 15) is 9.59 Å². The van der Waals surface area contributed by atoms with E-state index in [1.807, 2.05) is 31.2 Å². The van der Waals surface area contributed by atoms with Crippen LogP contribution in [0.4, 0.5) is 4.79 Å². The summed E-state index contributed by atoms with van der Waals surface area (Å²) < 4.78 is 12.7. The van der Waals surface area contributed by atoms with Crippen LogP contribution in [0, 0.1) is 0 Å². The van der Waals surface area contributed by atoms with Crippen LogP contribution in [-0.2, 0) is 17.9 Å². The number of hydrogen-bond acceptors (Lipinski definition) is 5. The molecule has 3 aromatic rings. The third kappa shape index (κ3) is 6.41. The normalized spacial score (nSPS) is 14.6. The Morgan fingerprint density at radius 1 is 0.971 bits per heavy atom. The van der Waals surface area contributed by atoms with E-state index in [4.69, 9.17) is 32.7 Å². The van der Waals surface area contributed by atoms with Gasteiger partial charge in [-0.3, -0.25) is 14.5 Å². The van der Waals surface area contributed by atoms with Crippen molar-refractivity contribution in [2.75, 3.05) is 6.61 Å². The van der Waals surface area contributed by atoms with Crippen molar-refractivity contribution in [2.45, 2.75) is 20.1 Å². The monoisotopic (exact) mass is 591 g/mol. The second-order valence-corrected chi connectivity index (χ2v) is 10.3. The third-order valence-electron chi connectivity index (χ3n) is 5.05. The van der Waals surface area contributed by atoms with Crippen LogP contribution >= 0.6 is 50.9 Å². The van der Waals surface area contributed by atoms with Gasteiger partial charge in [-0.15, -0.1) is 0 Å². The number of carbonyl (C=O) groups is 2. The maximum absolute atomic E-state index is 12.9. The third-order valence-corrected chi connectivity index (χ3v) is 7.02. The standard InChI is InChI=1S/C26H20BrCl2NO4S/c1-2-33-22-12-18(11-21(29)24(22)34-15-17-3-7-19(27)8-4-17)13-23-25(31)30(26(32)35-23)14-16-5-9-20(28)10-6-16/h3-13H,2,14-15H2,1H3/b23-13-. The lowest BCUT2D eigenvalue weighted by Crippen LogP contribution is -2.27. The van der Waals surface area contributed by atoms with Crippen molar-refractivity contribution in [1.29, 1.82) is 0 Å². The van der Waals surface area contributed by atoms with Crippen LogP contribution in [0.25, 0.3) is 6.08 Å². The number of benzene rings is 3. The van der Waals surface area contributed by atoms with Crippen molar-refractivity contribution in [3.8, 4) is 11.5 Å². The van der Waals surface area contributed by atoms with E-state index in [0.717, 1.165) is 27.4 Å². The fraction of sp³-hybridized carbons (Fsp3) is 0.154. The molecule has 0 N–H and O–H groups in total. The molecule has 1 heterocycles. The molecule has 5 nitrogen and oxygen atoms in total. The van der Waals surface area contributed by atoms with Crippen molar-refractivity contribution < 1.29 is 19.1 Å². The molecule has 2 amide bonds. The number of nitrogens with zero attached hydrogens (tertiary/aromatic N) is 1. The molecular formula is C26H20BrCl2NO4S. The molecule has 4 rings (SSSR count). The first-order chi connectivity index (χ1) is 16.8. The minimum atomic E-state index is -0.361. The highest BCUT2D eigenvalue weighted by molar-refractivity contribution is 9.10. The van der Waals surface area contributed by atoms with Gasteiger partial charge in [0.2, 0.25) is 0 Å². The van der Waals surface area contributed by atoms with Crippen LogP contribution in [0.2, 0.25) is 10.0 Å². The van der Waals surface area contributed by atoms with Crippen LogP contribution in [0.3, 0.4) is 0 Å². The lowest BCUT2D eigenvalue weighted by molar-refractivity contribution is -0.123. The van der Waals surface area contributed by atoms with E-state index < -0.39 is 0 Å². The molecule has 1 aliphatic rings. The Labute approximate surface area is 226 Å². The van der Waals surface area contributed by atoms with Crippen molar-refractivity contribution in [2.24, 2.45) is 0 Å². The number of carbonyl (C=O) groups excluding carboxylic acids is 2. The molecule has 0 atom stereocenters. The molecule has 1 fully saturated rings. The summed E-state index contributed by atoms with van der Waals surface area (Å²) in [4.78, 5) is 27.0. The number of ether oxygens (including phenoxy) is 2. The SMILES string of the molecule is CCOc1cc(/C=C2\SC(=O)N(Cc3ccc(Cl)cc3)C2=O)cc(Cl)c1OCc1ccc(Br)cc1. The van der Waals surface area contributed by atoms with Gasteiger partial charge in [0.1, 0.15) is 6.61 Å². The van der Waals surface area contributed by atoms with Gasteiger partial charge >= 0.3 is 0 Å². The summed E-state index contributed by atoms with van der Waals surface area (Å²) in [5.74, 6) is 0.521. The summed E-state index contributed by atoms with van der Waals surface area (Å²) in [7, 11) is 0. The van der Waals surface area contributed by atoms with E-state index in [2.05, 4.69) is 15.9 Å². The molecule has 180 valence electrons. The molecule has 0 bridgehead atoms. The van der Waals surface area contributed by atoms with Gasteiger partial charge in [0.05, 0.1) is 23.1 Å². The van der Waals surface area contributed by atoms with Gasteiger partial charge in [-0.25, -0.2) is 0 Å². The van der Waals surface area contributed by atoms with E-state index in [0.29, 0.717) is 45.2 Å². The number of rotatable bonds is 8. The van der Waals surface area contributed by atoms with Gasteiger partial charge in [-0.2, -0.15) is 0 Å². The number of imide groups is 1. The Bertz CT molecular complexity index is 1280. The molecule has 1 saturated heterocycles. The fourth-order valence-electron chi connectivity index (χ4n) is 3.37. The van der Waals surface area contributed by atoms with Crippen molar-refractivity contribution in [1.82, 2.24) is 4.90 Å². The first-order valence-corrected chi connectivity index (χ1v) is 13.0. The van der Waals surface area contributed by atoms with Gasteiger partial charge in [-0.05, 0) is 77.9 Å². The summed E-state index contributed by atoms with van der Waals surface area (Å²) in [6, 6.07) is 18.2. The lowest BCUT2D eigenvalue weighted by Gasteiger charge is -2.15. The predicted molar refractivity (Wildman–Crippen MR) is 144 cm³/mol. The van der Waals surface area contributed by atoms with E-state index >= 15 is 0 Å². The molecule has 0 unspecified atom stereocenters. The lowest BCUT2D eigenvalue weighted by atomic mass is 10.1. The highest BCUT2D eigenvalue weighted by atomic mass is 79.9. The Morgan fingerprint density at radius 3 is 2.34 bits per heavy atom. The largest absolute Gasteiger partial charge is 0.490 e. The van der Waals surface area contributed by atoms with Crippen LogP contribution in [0.1, 0.15) is 23.6 Å². The summed E-state index contributed by atoms with van der Waals surface area (Å²) in [5, 5.41) is 0.607. The van der Waals surface area contributed by atoms with Crippen molar-refractivity contribution in [3.63, 3.8) is 0 Å². The summed E-state index contributed by atoms with van der Waals surface area (Å²) in [6.45, 7) is 2.76. The Balaban J connectivity index is 1.54. The molecule has 0 spiro atoms. The molecule has 0 aromatic heterocycles. The van der Waals surface area contributed by atoms with Gasteiger partial charge in [0.25, 0.3) is 11.1 Å². The minimum Gasteiger partial charge on any atom is -0.490 e. The number of thioether (sulfide) groups is 1. The smallest absolute Gasteiger partial charge is 0.293 e. The summed E-state index contributed by atoms with van der Waals surface area (Å²) >= 11 is 16.8. The topological polar surface area (TPSA) is 55.8 Å². The maximum atomic E-state index is 12.9. The Kier molecular flexibility index (Phi) is 8.44. The molecule has 9 heteroatoms. The molecular weight excluding hydrogens is 573 g/mol. The molecule has 3 aromatic carbocycles. The predicted octanol–water partition coefficient (Wildman–Crippen LogP) is 7.97. The highest BCUT2D eigenvalue weighted by Gasteiger charge is 2.35. The quantitative estimate of drug-likeness (QED) is 0.248. The van der Waals surface area contributed by atoms with Crippen LogP contribution in [0.15, 0.2) is 70.0 Å². The number of halogens is 3. The average Bonchev–Trinajstić information content (AvgIpc) is 3.08. The number of amides is 2. The van der Waals surface area contributed by atoms with Gasteiger partial charge in [0, 0.05) is 9.50 Å². The Morgan fingerprint density at radius 2 is 1.66 bits per heavy atom. The van der Waals surface area contributed by atoms with Gasteiger partial charge in [-0.1, -0.05) is 63.4 Å². The van der Waals surface area contributed by atoms with E-state index in [-0.39, 0.29) is 17.7 Å². The zero-order valence-corrected chi connectivity index (χ0v) is 22.5. The van der Waals surface area contributed by atoms with Crippen LogP contribution < -0.4 is 9.47 Å². The number of hydrogen-bond donors (Lipinski definition) is 0. The first-order valence-electron chi connectivity index (χ1n) is 10.7. The zero-order valence-electron chi connectivity index (χ0n) is 18.6. The molecule has 1 aliphatic heterocycles. The van der Waals surface area contributed by atoms with E-state index in [1.54, 1.807) is 42.5 Å². The van der Waals surface area contributed by atoms with Gasteiger partial charge < -0.3 is 9.47 Å². The Hall–Kier alpha value is -2.45. The second kappa shape index (κ2) is 11.5.